The number of methoxy groups -OCH3 is 1. The van der Waals surface area contributed by atoms with E-state index in [2.05, 4.69) is 10.1 Å². The van der Waals surface area contributed by atoms with E-state index in [1.807, 2.05) is 0 Å². The van der Waals surface area contributed by atoms with Gasteiger partial charge in [-0.05, 0) is 0 Å². The highest BCUT2D eigenvalue weighted by Gasteiger charge is 2.50. The quantitative estimate of drug-likeness (QED) is 0.386. The normalized spacial score (nSPS) is 34.4. The molecule has 1 aliphatic rings. The molecule has 0 aromatic carbocycles. The highest BCUT2D eigenvalue weighted by Crippen LogP contribution is 2.24. The molecule has 1 rings (SSSR count). The summed E-state index contributed by atoms with van der Waals surface area (Å²) in [5.74, 6) is -1.27. The van der Waals surface area contributed by atoms with Crippen LogP contribution >= 0.6 is 23.2 Å². The van der Waals surface area contributed by atoms with Gasteiger partial charge in [0.25, 0.3) is 0 Å². The molecule has 0 aliphatic carbocycles. The Labute approximate surface area is 85.5 Å². The van der Waals surface area contributed by atoms with Crippen molar-refractivity contribution in [1.82, 2.24) is 5.32 Å². The zero-order valence-corrected chi connectivity index (χ0v) is 8.48. The van der Waals surface area contributed by atoms with Gasteiger partial charge in [0, 0.05) is 13.1 Å². The van der Waals surface area contributed by atoms with E-state index in [9.17, 15) is 9.59 Å². The Morgan fingerprint density at radius 2 is 2.38 bits per heavy atom. The first-order chi connectivity index (χ1) is 6.02. The molecule has 1 saturated heterocycles. The number of esters is 1. The number of carbonyl (C=O) groups excluding carboxylic acids is 2. The summed E-state index contributed by atoms with van der Waals surface area (Å²) < 4.78 is 4.42. The second kappa shape index (κ2) is 3.82. The van der Waals surface area contributed by atoms with Gasteiger partial charge in [-0.2, -0.15) is 0 Å². The van der Waals surface area contributed by atoms with Gasteiger partial charge in [-0.15, -0.1) is 11.6 Å². The molecule has 2 atom stereocenters. The van der Waals surface area contributed by atoms with E-state index in [4.69, 9.17) is 23.2 Å². The Balaban J connectivity index is 2.87. The number of Topliss-reactive ketones (excluding diaryl/α,β-unsaturated/α-hetero) is 1. The fourth-order valence-electron chi connectivity index (χ4n) is 1.13. The predicted octanol–water partition coefficient (Wildman–Crippen LogP) is -0.0833. The first kappa shape index (κ1) is 10.8. The van der Waals surface area contributed by atoms with Gasteiger partial charge in [0.1, 0.15) is 5.38 Å². The van der Waals surface area contributed by atoms with Gasteiger partial charge in [-0.25, -0.2) is 4.79 Å². The van der Waals surface area contributed by atoms with Gasteiger partial charge in [-0.3, -0.25) is 4.79 Å². The number of carbonyl (C=O) groups is 2. The Bertz CT molecular complexity index is 246. The third-order valence-corrected chi connectivity index (χ3v) is 2.70. The predicted molar refractivity (Wildman–Crippen MR) is 48.1 cm³/mol. The SMILES string of the molecule is COC(=O)C1(Cl)CNCC(Cl)C1=O. The van der Waals surface area contributed by atoms with Crippen LogP contribution in [0.5, 0.6) is 0 Å². The molecule has 0 aromatic rings. The van der Waals surface area contributed by atoms with Crippen LogP contribution in [-0.4, -0.2) is 42.2 Å². The van der Waals surface area contributed by atoms with Gasteiger partial charge in [0.2, 0.25) is 4.87 Å². The summed E-state index contributed by atoms with van der Waals surface area (Å²) in [5.41, 5.74) is 0. The molecule has 0 spiro atoms. The molecule has 1 fully saturated rings. The average molecular weight is 226 g/mol. The van der Waals surface area contributed by atoms with Crippen molar-refractivity contribution in [3.63, 3.8) is 0 Å². The first-order valence-electron chi connectivity index (χ1n) is 3.69. The maximum Gasteiger partial charge on any atom is 0.336 e. The van der Waals surface area contributed by atoms with Crippen LogP contribution in [0.4, 0.5) is 0 Å². The molecule has 4 nitrogen and oxygen atoms in total. The lowest BCUT2D eigenvalue weighted by atomic mass is 9.97. The zero-order chi connectivity index (χ0) is 10.1. The summed E-state index contributed by atoms with van der Waals surface area (Å²) in [6.07, 6.45) is 0. The summed E-state index contributed by atoms with van der Waals surface area (Å²) in [5, 5.41) is 2.01. The minimum Gasteiger partial charge on any atom is -0.467 e. The Morgan fingerprint density at radius 1 is 1.77 bits per heavy atom. The highest BCUT2D eigenvalue weighted by molar-refractivity contribution is 6.51. The van der Waals surface area contributed by atoms with Crippen molar-refractivity contribution < 1.29 is 14.3 Å². The van der Waals surface area contributed by atoms with Crippen LogP contribution in [0, 0.1) is 0 Å². The molecule has 6 heteroatoms. The lowest BCUT2D eigenvalue weighted by Crippen LogP contribution is -2.59. The van der Waals surface area contributed by atoms with Crippen molar-refractivity contribution in [3.8, 4) is 0 Å². The molecule has 0 aromatic heterocycles. The van der Waals surface area contributed by atoms with Crippen LogP contribution in [0.15, 0.2) is 0 Å². The molecular formula is C7H9Cl2NO3. The Morgan fingerprint density at radius 3 is 2.92 bits per heavy atom. The second-order valence-electron chi connectivity index (χ2n) is 2.76. The Hall–Kier alpha value is -0.320. The van der Waals surface area contributed by atoms with Crippen LogP contribution in [0.3, 0.4) is 0 Å². The van der Waals surface area contributed by atoms with E-state index in [0.717, 1.165) is 0 Å². The second-order valence-corrected chi connectivity index (χ2v) is 3.93. The summed E-state index contributed by atoms with van der Waals surface area (Å²) in [6, 6.07) is 0. The van der Waals surface area contributed by atoms with Gasteiger partial charge in [0.05, 0.1) is 7.11 Å². The Kier molecular flexibility index (Phi) is 3.16. The molecule has 1 aliphatic heterocycles. The maximum atomic E-state index is 11.4. The third-order valence-electron chi connectivity index (χ3n) is 1.88. The van der Waals surface area contributed by atoms with Gasteiger partial charge in [0.15, 0.2) is 5.78 Å². The van der Waals surface area contributed by atoms with Crippen LogP contribution in [0.25, 0.3) is 0 Å². The number of ketones is 1. The van der Waals surface area contributed by atoms with Crippen molar-refractivity contribution in [2.45, 2.75) is 10.3 Å². The number of hydrogen-bond donors (Lipinski definition) is 1. The van der Waals surface area contributed by atoms with Crippen molar-refractivity contribution in [3.05, 3.63) is 0 Å². The number of ether oxygens (including phenoxy) is 1. The molecule has 74 valence electrons. The zero-order valence-electron chi connectivity index (χ0n) is 6.97. The number of hydrogen-bond acceptors (Lipinski definition) is 4. The van der Waals surface area contributed by atoms with E-state index in [1.54, 1.807) is 0 Å². The van der Waals surface area contributed by atoms with Gasteiger partial charge >= 0.3 is 5.97 Å². The number of rotatable bonds is 1. The van der Waals surface area contributed by atoms with E-state index in [1.165, 1.54) is 7.11 Å². The number of alkyl halides is 2. The first-order valence-corrected chi connectivity index (χ1v) is 4.50. The van der Waals surface area contributed by atoms with E-state index >= 15 is 0 Å². The number of halogens is 2. The molecule has 0 bridgehead atoms. The fourth-order valence-corrected chi connectivity index (χ4v) is 1.79. The smallest absolute Gasteiger partial charge is 0.336 e. The number of piperidine rings is 1. The van der Waals surface area contributed by atoms with E-state index < -0.39 is 22.0 Å². The topological polar surface area (TPSA) is 55.4 Å². The summed E-state index contributed by atoms with van der Waals surface area (Å²) in [4.78, 5) is 21.0. The van der Waals surface area contributed by atoms with Crippen molar-refractivity contribution in [2.75, 3.05) is 20.2 Å². The molecule has 2 unspecified atom stereocenters. The van der Waals surface area contributed by atoms with Crippen LogP contribution < -0.4 is 5.32 Å². The average Bonchev–Trinajstić information content (AvgIpc) is 2.13. The molecule has 1 N–H and O–H groups in total. The fraction of sp³-hybridized carbons (Fsp3) is 0.714. The molecule has 0 saturated carbocycles. The molecule has 0 amide bonds. The summed E-state index contributed by atoms with van der Waals surface area (Å²) in [7, 11) is 1.18. The third kappa shape index (κ3) is 1.80. The molecule has 0 radical (unpaired) electrons. The maximum absolute atomic E-state index is 11.4. The van der Waals surface area contributed by atoms with Gasteiger partial charge in [-0.1, -0.05) is 11.6 Å². The van der Waals surface area contributed by atoms with E-state index in [0.29, 0.717) is 6.54 Å². The van der Waals surface area contributed by atoms with Crippen LogP contribution in [-0.2, 0) is 14.3 Å². The lowest BCUT2D eigenvalue weighted by molar-refractivity contribution is -0.147. The number of nitrogens with one attached hydrogen (secondary N) is 1. The van der Waals surface area contributed by atoms with Crippen LogP contribution in [0.1, 0.15) is 0 Å². The van der Waals surface area contributed by atoms with Gasteiger partial charge < -0.3 is 10.1 Å². The minimum absolute atomic E-state index is 0.0588. The minimum atomic E-state index is -1.65. The van der Waals surface area contributed by atoms with Crippen molar-refractivity contribution in [2.24, 2.45) is 0 Å². The molecular weight excluding hydrogens is 217 g/mol. The standard InChI is InChI=1S/C7H9Cl2NO3/c1-13-6(12)7(9)3-10-2-4(8)5(7)11/h4,10H,2-3H2,1H3. The molecule has 1 heterocycles. The summed E-state index contributed by atoms with van der Waals surface area (Å²) >= 11 is 11.4. The lowest BCUT2D eigenvalue weighted by Gasteiger charge is -2.30. The largest absolute Gasteiger partial charge is 0.467 e. The van der Waals surface area contributed by atoms with Crippen LogP contribution in [0.2, 0.25) is 0 Å². The van der Waals surface area contributed by atoms with E-state index in [-0.39, 0.29) is 6.54 Å². The monoisotopic (exact) mass is 225 g/mol. The van der Waals surface area contributed by atoms with Crippen molar-refractivity contribution >= 4 is 35.0 Å². The summed E-state index contributed by atoms with van der Waals surface area (Å²) in [6.45, 7) is 0.384. The van der Waals surface area contributed by atoms with Crippen molar-refractivity contribution in [1.29, 1.82) is 0 Å². The molecule has 13 heavy (non-hydrogen) atoms. The highest BCUT2D eigenvalue weighted by atomic mass is 35.5.